The number of benzene rings is 1. The fourth-order valence-corrected chi connectivity index (χ4v) is 2.07. The molecule has 0 unspecified atom stereocenters. The van der Waals surface area contributed by atoms with Crippen molar-refractivity contribution in [3.05, 3.63) is 27.3 Å². The van der Waals surface area contributed by atoms with Crippen molar-refractivity contribution in [1.82, 2.24) is 0 Å². The van der Waals surface area contributed by atoms with E-state index in [1.165, 1.54) is 34.1 Å². The third kappa shape index (κ3) is 3.86. The summed E-state index contributed by atoms with van der Waals surface area (Å²) in [6.07, 6.45) is 3.87. The Kier molecular flexibility index (Phi) is 5.30. The number of halogens is 1. The second kappa shape index (κ2) is 6.27. The van der Waals surface area contributed by atoms with E-state index in [2.05, 4.69) is 60.0 Å². The lowest BCUT2D eigenvalue weighted by Crippen LogP contribution is -2.02. The molecular weight excluding hydrogens is 285 g/mol. The van der Waals surface area contributed by atoms with Crippen molar-refractivity contribution in [2.24, 2.45) is 0 Å². The van der Waals surface area contributed by atoms with E-state index < -0.39 is 0 Å². The SMILES string of the molecule is CCCCCNc1ccc(I)cc1C. The number of hydrogen-bond acceptors (Lipinski definition) is 1. The van der Waals surface area contributed by atoms with Crippen molar-refractivity contribution in [3.63, 3.8) is 0 Å². The van der Waals surface area contributed by atoms with Gasteiger partial charge in [-0.1, -0.05) is 19.8 Å². The molecule has 1 rings (SSSR count). The zero-order valence-corrected chi connectivity index (χ0v) is 11.1. The minimum absolute atomic E-state index is 1.09. The topological polar surface area (TPSA) is 12.0 Å². The van der Waals surface area contributed by atoms with Crippen LogP contribution < -0.4 is 5.32 Å². The number of aryl methyl sites for hydroxylation is 1. The van der Waals surface area contributed by atoms with E-state index >= 15 is 0 Å². The molecule has 0 aliphatic heterocycles. The molecule has 1 aromatic carbocycles. The van der Waals surface area contributed by atoms with Gasteiger partial charge in [-0.05, 0) is 59.7 Å². The molecule has 0 saturated heterocycles. The van der Waals surface area contributed by atoms with Crippen LogP contribution in [0.5, 0.6) is 0 Å². The van der Waals surface area contributed by atoms with E-state index in [9.17, 15) is 0 Å². The zero-order valence-electron chi connectivity index (χ0n) is 8.94. The summed E-state index contributed by atoms with van der Waals surface area (Å²) in [4.78, 5) is 0. The second-order valence-electron chi connectivity index (χ2n) is 3.59. The maximum atomic E-state index is 3.47. The van der Waals surface area contributed by atoms with Crippen LogP contribution in [-0.4, -0.2) is 6.54 Å². The van der Waals surface area contributed by atoms with Gasteiger partial charge < -0.3 is 5.32 Å². The summed E-state index contributed by atoms with van der Waals surface area (Å²) in [5.41, 5.74) is 2.62. The predicted octanol–water partition coefficient (Wildman–Crippen LogP) is 4.20. The van der Waals surface area contributed by atoms with Crippen LogP contribution in [0.15, 0.2) is 18.2 Å². The molecule has 78 valence electrons. The van der Waals surface area contributed by atoms with E-state index in [4.69, 9.17) is 0 Å². The fourth-order valence-electron chi connectivity index (χ4n) is 1.42. The van der Waals surface area contributed by atoms with Gasteiger partial charge in [0.25, 0.3) is 0 Å². The number of anilines is 1. The first-order valence-corrected chi connectivity index (χ1v) is 6.32. The summed E-state index contributed by atoms with van der Waals surface area (Å²) < 4.78 is 1.30. The number of rotatable bonds is 5. The first-order chi connectivity index (χ1) is 6.74. The molecule has 0 aromatic heterocycles. The van der Waals surface area contributed by atoms with Gasteiger partial charge in [0, 0.05) is 15.8 Å². The van der Waals surface area contributed by atoms with Gasteiger partial charge in [0.1, 0.15) is 0 Å². The van der Waals surface area contributed by atoms with Crippen LogP contribution in [-0.2, 0) is 0 Å². The van der Waals surface area contributed by atoms with E-state index in [0.717, 1.165) is 6.54 Å². The Bertz CT molecular complexity index is 284. The average molecular weight is 303 g/mol. The van der Waals surface area contributed by atoms with Crippen LogP contribution in [0.4, 0.5) is 5.69 Å². The summed E-state index contributed by atoms with van der Waals surface area (Å²) >= 11 is 2.35. The van der Waals surface area contributed by atoms with Crippen LogP contribution in [0, 0.1) is 10.5 Å². The van der Waals surface area contributed by atoms with Gasteiger partial charge in [0.2, 0.25) is 0 Å². The smallest absolute Gasteiger partial charge is 0.0370 e. The van der Waals surface area contributed by atoms with E-state index in [1.54, 1.807) is 0 Å². The predicted molar refractivity (Wildman–Crippen MR) is 71.9 cm³/mol. The largest absolute Gasteiger partial charge is 0.385 e. The van der Waals surface area contributed by atoms with E-state index in [1.807, 2.05) is 0 Å². The van der Waals surface area contributed by atoms with Crippen molar-refractivity contribution in [3.8, 4) is 0 Å². The molecule has 0 aliphatic rings. The molecule has 0 spiro atoms. The van der Waals surface area contributed by atoms with Gasteiger partial charge >= 0.3 is 0 Å². The highest BCUT2D eigenvalue weighted by Crippen LogP contribution is 2.17. The summed E-state index contributed by atoms with van der Waals surface area (Å²) in [7, 11) is 0. The monoisotopic (exact) mass is 303 g/mol. The molecule has 1 nitrogen and oxygen atoms in total. The minimum atomic E-state index is 1.09. The van der Waals surface area contributed by atoms with Crippen molar-refractivity contribution < 1.29 is 0 Å². The van der Waals surface area contributed by atoms with Gasteiger partial charge in [-0.2, -0.15) is 0 Å². The minimum Gasteiger partial charge on any atom is -0.385 e. The van der Waals surface area contributed by atoms with Gasteiger partial charge in [-0.3, -0.25) is 0 Å². The first kappa shape index (κ1) is 11.8. The van der Waals surface area contributed by atoms with Crippen molar-refractivity contribution in [2.45, 2.75) is 33.1 Å². The molecule has 1 aromatic rings. The lowest BCUT2D eigenvalue weighted by atomic mass is 10.2. The molecule has 0 aliphatic carbocycles. The van der Waals surface area contributed by atoms with Crippen LogP contribution >= 0.6 is 22.6 Å². The Labute approximate surface area is 100 Å². The van der Waals surface area contributed by atoms with Crippen molar-refractivity contribution in [1.29, 1.82) is 0 Å². The average Bonchev–Trinajstić information content (AvgIpc) is 2.15. The van der Waals surface area contributed by atoms with Crippen LogP contribution in [0.1, 0.15) is 31.7 Å². The Morgan fingerprint density at radius 3 is 2.71 bits per heavy atom. The Balaban J connectivity index is 2.42. The summed E-state index contributed by atoms with van der Waals surface area (Å²) in [6.45, 7) is 5.48. The van der Waals surface area contributed by atoms with Crippen LogP contribution in [0.3, 0.4) is 0 Å². The Morgan fingerprint density at radius 1 is 1.29 bits per heavy atom. The van der Waals surface area contributed by atoms with Gasteiger partial charge in [0.15, 0.2) is 0 Å². The van der Waals surface area contributed by atoms with Gasteiger partial charge in [-0.15, -0.1) is 0 Å². The third-order valence-electron chi connectivity index (χ3n) is 2.28. The molecule has 0 fully saturated rings. The molecule has 2 heteroatoms. The molecular formula is C12H18IN. The lowest BCUT2D eigenvalue weighted by Gasteiger charge is -2.09. The summed E-state index contributed by atoms with van der Waals surface area (Å²) in [6, 6.07) is 6.53. The first-order valence-electron chi connectivity index (χ1n) is 5.24. The molecule has 0 saturated carbocycles. The number of nitrogens with one attached hydrogen (secondary N) is 1. The highest BCUT2D eigenvalue weighted by atomic mass is 127. The zero-order chi connectivity index (χ0) is 10.4. The third-order valence-corrected chi connectivity index (χ3v) is 2.96. The standard InChI is InChI=1S/C12H18IN/c1-3-4-5-8-14-12-7-6-11(13)9-10(12)2/h6-7,9,14H,3-5,8H2,1-2H3. The molecule has 0 amide bonds. The van der Waals surface area contributed by atoms with Crippen molar-refractivity contribution in [2.75, 3.05) is 11.9 Å². The Morgan fingerprint density at radius 2 is 2.07 bits per heavy atom. The molecule has 0 bridgehead atoms. The van der Waals surface area contributed by atoms with E-state index in [-0.39, 0.29) is 0 Å². The normalized spacial score (nSPS) is 10.2. The van der Waals surface area contributed by atoms with E-state index in [0.29, 0.717) is 0 Å². The fraction of sp³-hybridized carbons (Fsp3) is 0.500. The Hall–Kier alpha value is -0.250. The molecule has 0 heterocycles. The highest BCUT2D eigenvalue weighted by Gasteiger charge is 1.97. The molecule has 0 radical (unpaired) electrons. The highest BCUT2D eigenvalue weighted by molar-refractivity contribution is 14.1. The van der Waals surface area contributed by atoms with Crippen molar-refractivity contribution >= 4 is 28.3 Å². The molecule has 1 N–H and O–H groups in total. The summed E-state index contributed by atoms with van der Waals surface area (Å²) in [5, 5.41) is 3.47. The molecule has 14 heavy (non-hydrogen) atoms. The number of hydrogen-bond donors (Lipinski definition) is 1. The molecule has 0 atom stereocenters. The quantitative estimate of drug-likeness (QED) is 0.635. The summed E-state index contributed by atoms with van der Waals surface area (Å²) in [5.74, 6) is 0. The maximum absolute atomic E-state index is 3.47. The van der Waals surface area contributed by atoms with Crippen LogP contribution in [0.2, 0.25) is 0 Å². The second-order valence-corrected chi connectivity index (χ2v) is 4.84. The number of unbranched alkanes of at least 4 members (excludes halogenated alkanes) is 2. The lowest BCUT2D eigenvalue weighted by molar-refractivity contribution is 0.743. The van der Waals surface area contributed by atoms with Crippen LogP contribution in [0.25, 0.3) is 0 Å². The van der Waals surface area contributed by atoms with Gasteiger partial charge in [0.05, 0.1) is 0 Å². The maximum Gasteiger partial charge on any atom is 0.0370 e. The van der Waals surface area contributed by atoms with Gasteiger partial charge in [-0.25, -0.2) is 0 Å².